The molecule has 4 rings (SSSR count). The predicted octanol–water partition coefficient (Wildman–Crippen LogP) is 3.77. The van der Waals surface area contributed by atoms with Gasteiger partial charge in [0.05, 0.1) is 25.0 Å². The van der Waals surface area contributed by atoms with E-state index in [1.807, 2.05) is 67.7 Å². The lowest BCUT2D eigenvalue weighted by molar-refractivity contribution is -0.115. The number of hydrogen-bond acceptors (Lipinski definition) is 4. The molecule has 1 unspecified atom stereocenters. The third-order valence-electron chi connectivity index (χ3n) is 5.29. The number of hydrogen-bond donors (Lipinski definition) is 2. The van der Waals surface area contributed by atoms with Crippen LogP contribution in [-0.4, -0.2) is 36.6 Å². The van der Waals surface area contributed by atoms with Gasteiger partial charge in [0.25, 0.3) is 0 Å². The fourth-order valence-corrected chi connectivity index (χ4v) is 3.71. The highest BCUT2D eigenvalue weighted by Crippen LogP contribution is 2.37. The Hall–Kier alpha value is -3.28. The first-order chi connectivity index (χ1) is 14.1. The molecule has 2 aromatic carbocycles. The molecule has 0 saturated carbocycles. The molecule has 2 heterocycles. The number of benzene rings is 2. The van der Waals surface area contributed by atoms with Gasteiger partial charge in [0.1, 0.15) is 5.75 Å². The predicted molar refractivity (Wildman–Crippen MR) is 115 cm³/mol. The number of nitrogens with zero attached hydrogens (tertiary/aromatic N) is 2. The Labute approximate surface area is 170 Å². The lowest BCUT2D eigenvalue weighted by Crippen LogP contribution is -2.18. The SMILES string of the molecule is CN(C)c1ccc(CC(=O)Nc2ccc3c(c2)C(Cc2c[nH]cn2)CCO3)cc1. The van der Waals surface area contributed by atoms with Gasteiger partial charge < -0.3 is 19.9 Å². The number of ether oxygens (including phenoxy) is 1. The van der Waals surface area contributed by atoms with Crippen molar-refractivity contribution >= 4 is 17.3 Å². The van der Waals surface area contributed by atoms with E-state index in [-0.39, 0.29) is 5.91 Å². The van der Waals surface area contributed by atoms with Crippen LogP contribution < -0.4 is 15.0 Å². The summed E-state index contributed by atoms with van der Waals surface area (Å²) in [6, 6.07) is 13.9. The van der Waals surface area contributed by atoms with Gasteiger partial charge in [0, 0.05) is 31.7 Å². The Morgan fingerprint density at radius 2 is 2.07 bits per heavy atom. The Balaban J connectivity index is 1.44. The summed E-state index contributed by atoms with van der Waals surface area (Å²) < 4.78 is 5.81. The van der Waals surface area contributed by atoms with E-state index in [2.05, 4.69) is 15.3 Å². The maximum Gasteiger partial charge on any atom is 0.228 e. The molecule has 0 fully saturated rings. The number of fused-ring (bicyclic) bond motifs is 1. The second-order valence-electron chi connectivity index (χ2n) is 7.64. The largest absolute Gasteiger partial charge is 0.493 e. The minimum Gasteiger partial charge on any atom is -0.493 e. The summed E-state index contributed by atoms with van der Waals surface area (Å²) in [5.41, 5.74) is 5.08. The van der Waals surface area contributed by atoms with Crippen molar-refractivity contribution in [3.05, 3.63) is 71.8 Å². The third-order valence-corrected chi connectivity index (χ3v) is 5.29. The Morgan fingerprint density at radius 3 is 2.79 bits per heavy atom. The molecule has 3 aromatic rings. The van der Waals surface area contributed by atoms with Crippen LogP contribution in [-0.2, 0) is 17.6 Å². The van der Waals surface area contributed by atoms with E-state index >= 15 is 0 Å². The number of amides is 1. The van der Waals surface area contributed by atoms with Gasteiger partial charge in [0.2, 0.25) is 5.91 Å². The molecule has 6 nitrogen and oxygen atoms in total. The van der Waals surface area contributed by atoms with Crippen LogP contribution in [0.2, 0.25) is 0 Å². The summed E-state index contributed by atoms with van der Waals surface area (Å²) in [5, 5.41) is 3.03. The summed E-state index contributed by atoms with van der Waals surface area (Å²) in [5.74, 6) is 1.20. The topological polar surface area (TPSA) is 70.2 Å². The van der Waals surface area contributed by atoms with E-state index in [1.165, 1.54) is 0 Å². The lowest BCUT2D eigenvalue weighted by Gasteiger charge is -2.26. The van der Waals surface area contributed by atoms with Crippen molar-refractivity contribution in [1.29, 1.82) is 0 Å². The van der Waals surface area contributed by atoms with E-state index in [9.17, 15) is 4.79 Å². The van der Waals surface area contributed by atoms with E-state index in [1.54, 1.807) is 6.33 Å². The number of anilines is 2. The lowest BCUT2D eigenvalue weighted by atomic mass is 9.89. The standard InChI is InChI=1S/C23H26N4O2/c1-27(2)20-6-3-16(4-7-20)11-23(28)26-18-5-8-22-21(13-18)17(9-10-29-22)12-19-14-24-15-25-19/h3-8,13-15,17H,9-12H2,1-2H3,(H,24,25)(H,26,28). The van der Waals surface area contributed by atoms with Crippen molar-refractivity contribution < 1.29 is 9.53 Å². The molecule has 1 amide bonds. The van der Waals surface area contributed by atoms with Crippen LogP contribution in [0.1, 0.15) is 29.2 Å². The molecular formula is C23H26N4O2. The number of aromatic amines is 1. The smallest absolute Gasteiger partial charge is 0.228 e. The molecule has 0 spiro atoms. The van der Waals surface area contributed by atoms with Crippen LogP contribution in [0.15, 0.2) is 55.0 Å². The van der Waals surface area contributed by atoms with Gasteiger partial charge in [-0.2, -0.15) is 0 Å². The Kier molecular flexibility index (Phi) is 5.51. The number of nitrogens with one attached hydrogen (secondary N) is 2. The molecule has 0 bridgehead atoms. The average Bonchev–Trinajstić information content (AvgIpc) is 3.22. The summed E-state index contributed by atoms with van der Waals surface area (Å²) in [6.45, 7) is 0.705. The van der Waals surface area contributed by atoms with Gasteiger partial charge in [-0.3, -0.25) is 4.79 Å². The summed E-state index contributed by atoms with van der Waals surface area (Å²) in [6.07, 6.45) is 5.78. The molecule has 0 saturated heterocycles. The molecule has 1 aromatic heterocycles. The highest BCUT2D eigenvalue weighted by Gasteiger charge is 2.23. The number of aromatic nitrogens is 2. The van der Waals surface area contributed by atoms with Gasteiger partial charge in [0.15, 0.2) is 0 Å². The monoisotopic (exact) mass is 390 g/mol. The summed E-state index contributed by atoms with van der Waals surface area (Å²) in [7, 11) is 4.00. The number of carbonyl (C=O) groups is 1. The van der Waals surface area contributed by atoms with E-state index in [4.69, 9.17) is 4.74 Å². The Bertz CT molecular complexity index is 965. The molecule has 1 atom stereocenters. The van der Waals surface area contributed by atoms with Crippen molar-refractivity contribution in [2.75, 3.05) is 30.9 Å². The first-order valence-corrected chi connectivity index (χ1v) is 9.89. The van der Waals surface area contributed by atoms with Crippen LogP contribution in [0.4, 0.5) is 11.4 Å². The molecule has 150 valence electrons. The zero-order valence-corrected chi connectivity index (χ0v) is 16.8. The Morgan fingerprint density at radius 1 is 1.24 bits per heavy atom. The van der Waals surface area contributed by atoms with Crippen LogP contribution in [0, 0.1) is 0 Å². The first-order valence-electron chi connectivity index (χ1n) is 9.89. The molecule has 2 N–H and O–H groups in total. The van der Waals surface area contributed by atoms with Crippen molar-refractivity contribution in [1.82, 2.24) is 9.97 Å². The number of rotatable bonds is 6. The van der Waals surface area contributed by atoms with E-state index < -0.39 is 0 Å². The third kappa shape index (κ3) is 4.59. The number of carbonyl (C=O) groups excluding carboxylic acids is 1. The molecular weight excluding hydrogens is 364 g/mol. The molecule has 1 aliphatic heterocycles. The molecule has 29 heavy (non-hydrogen) atoms. The maximum atomic E-state index is 12.5. The fraction of sp³-hybridized carbons (Fsp3) is 0.304. The first kappa shape index (κ1) is 19.1. The van der Waals surface area contributed by atoms with Crippen LogP contribution >= 0.6 is 0 Å². The normalized spacial score (nSPS) is 15.3. The van der Waals surface area contributed by atoms with Crippen molar-refractivity contribution in [3.8, 4) is 5.75 Å². The second kappa shape index (κ2) is 8.39. The number of H-pyrrole nitrogens is 1. The second-order valence-corrected chi connectivity index (χ2v) is 7.64. The fourth-order valence-electron chi connectivity index (χ4n) is 3.71. The van der Waals surface area contributed by atoms with Crippen LogP contribution in [0.3, 0.4) is 0 Å². The highest BCUT2D eigenvalue weighted by molar-refractivity contribution is 5.92. The van der Waals surface area contributed by atoms with Crippen LogP contribution in [0.25, 0.3) is 0 Å². The molecule has 6 heteroatoms. The number of imidazole rings is 1. The van der Waals surface area contributed by atoms with Gasteiger partial charge in [-0.15, -0.1) is 0 Å². The minimum absolute atomic E-state index is 0.0249. The van der Waals surface area contributed by atoms with Crippen molar-refractivity contribution in [2.24, 2.45) is 0 Å². The zero-order chi connectivity index (χ0) is 20.2. The van der Waals surface area contributed by atoms with E-state index in [0.29, 0.717) is 18.9 Å². The summed E-state index contributed by atoms with van der Waals surface area (Å²) in [4.78, 5) is 21.9. The molecule has 0 aliphatic carbocycles. The van der Waals surface area contributed by atoms with Crippen molar-refractivity contribution in [2.45, 2.75) is 25.2 Å². The van der Waals surface area contributed by atoms with Crippen LogP contribution in [0.5, 0.6) is 5.75 Å². The van der Waals surface area contributed by atoms with Gasteiger partial charge >= 0.3 is 0 Å². The average molecular weight is 390 g/mol. The molecule has 0 radical (unpaired) electrons. The zero-order valence-electron chi connectivity index (χ0n) is 16.8. The van der Waals surface area contributed by atoms with Gasteiger partial charge in [-0.25, -0.2) is 4.98 Å². The van der Waals surface area contributed by atoms with Gasteiger partial charge in [-0.05, 0) is 60.2 Å². The minimum atomic E-state index is -0.0249. The summed E-state index contributed by atoms with van der Waals surface area (Å²) >= 11 is 0. The van der Waals surface area contributed by atoms with Gasteiger partial charge in [-0.1, -0.05) is 12.1 Å². The maximum absolute atomic E-state index is 12.5. The van der Waals surface area contributed by atoms with E-state index in [0.717, 1.165) is 46.8 Å². The highest BCUT2D eigenvalue weighted by atomic mass is 16.5. The quantitative estimate of drug-likeness (QED) is 0.672. The molecule has 1 aliphatic rings. The van der Waals surface area contributed by atoms with Crippen molar-refractivity contribution in [3.63, 3.8) is 0 Å².